The number of hydrogen-bond acceptors (Lipinski definition) is 2. The van der Waals surface area contributed by atoms with Crippen molar-refractivity contribution < 1.29 is 9.13 Å². The van der Waals surface area contributed by atoms with Crippen LogP contribution in [0, 0.1) is 5.82 Å². The van der Waals surface area contributed by atoms with Crippen molar-refractivity contribution in [2.45, 2.75) is 6.61 Å². The van der Waals surface area contributed by atoms with Gasteiger partial charge in [0, 0.05) is 21.8 Å². The zero-order valence-electron chi connectivity index (χ0n) is 9.29. The first kappa shape index (κ1) is 13.4. The van der Waals surface area contributed by atoms with E-state index in [2.05, 4.69) is 31.9 Å². The first-order valence-corrected chi connectivity index (χ1v) is 6.77. The van der Waals surface area contributed by atoms with Crippen molar-refractivity contribution in [2.75, 3.05) is 5.73 Å². The Balaban J connectivity index is 2.19. The highest BCUT2D eigenvalue weighted by Crippen LogP contribution is 2.29. The molecule has 2 aromatic rings. The third-order valence-corrected chi connectivity index (χ3v) is 3.82. The molecule has 2 N–H and O–H groups in total. The fourth-order valence-electron chi connectivity index (χ4n) is 1.47. The number of hydrogen-bond donors (Lipinski definition) is 1. The summed E-state index contributed by atoms with van der Waals surface area (Å²) in [4.78, 5) is 0. The molecule has 0 radical (unpaired) electrons. The van der Waals surface area contributed by atoms with Gasteiger partial charge in [-0.25, -0.2) is 4.39 Å². The molecule has 0 amide bonds. The van der Waals surface area contributed by atoms with Gasteiger partial charge in [-0.2, -0.15) is 0 Å². The molecule has 2 nitrogen and oxygen atoms in total. The maximum atomic E-state index is 13.1. The molecule has 0 atom stereocenters. The van der Waals surface area contributed by atoms with Crippen molar-refractivity contribution in [1.29, 1.82) is 0 Å². The van der Waals surface area contributed by atoms with E-state index in [1.165, 1.54) is 12.1 Å². The predicted octanol–water partition coefficient (Wildman–Crippen LogP) is 4.51. The number of halogens is 3. The van der Waals surface area contributed by atoms with Gasteiger partial charge >= 0.3 is 0 Å². The number of nitrogen functional groups attached to an aromatic ring is 1. The van der Waals surface area contributed by atoms with Crippen LogP contribution < -0.4 is 10.5 Å². The Morgan fingerprint density at radius 1 is 1.11 bits per heavy atom. The average molecular weight is 375 g/mol. The molecule has 0 aliphatic rings. The van der Waals surface area contributed by atoms with Crippen LogP contribution in [0.1, 0.15) is 5.56 Å². The SMILES string of the molecule is Nc1cccc(Br)c1COc1cc(F)ccc1Br. The van der Waals surface area contributed by atoms with E-state index in [1.807, 2.05) is 12.1 Å². The molecule has 0 spiro atoms. The minimum atomic E-state index is -0.340. The van der Waals surface area contributed by atoms with Gasteiger partial charge in [0.05, 0.1) is 4.47 Å². The maximum absolute atomic E-state index is 13.1. The summed E-state index contributed by atoms with van der Waals surface area (Å²) in [7, 11) is 0. The van der Waals surface area contributed by atoms with E-state index in [1.54, 1.807) is 12.1 Å². The standard InChI is InChI=1S/C13H10Br2FNO/c14-10-2-1-3-12(17)9(10)7-18-13-6-8(16)4-5-11(13)15/h1-6H,7,17H2. The highest BCUT2D eigenvalue weighted by atomic mass is 79.9. The third-order valence-electron chi connectivity index (χ3n) is 2.42. The summed E-state index contributed by atoms with van der Waals surface area (Å²) in [6.45, 7) is 0.273. The molecule has 0 fully saturated rings. The first-order chi connectivity index (χ1) is 8.58. The van der Waals surface area contributed by atoms with Crippen molar-refractivity contribution in [1.82, 2.24) is 0 Å². The number of rotatable bonds is 3. The molecule has 2 aromatic carbocycles. The quantitative estimate of drug-likeness (QED) is 0.802. The van der Waals surface area contributed by atoms with Crippen LogP contribution >= 0.6 is 31.9 Å². The normalized spacial score (nSPS) is 10.4. The molecule has 5 heteroatoms. The molecule has 0 heterocycles. The summed E-state index contributed by atoms with van der Waals surface area (Å²) in [5, 5.41) is 0. The van der Waals surface area contributed by atoms with Gasteiger partial charge in [-0.05, 0) is 40.2 Å². The Morgan fingerprint density at radius 2 is 1.89 bits per heavy atom. The van der Waals surface area contributed by atoms with E-state index in [-0.39, 0.29) is 12.4 Å². The lowest BCUT2D eigenvalue weighted by Crippen LogP contribution is -2.01. The Labute approximate surface area is 121 Å². The zero-order chi connectivity index (χ0) is 13.1. The lowest BCUT2D eigenvalue weighted by Gasteiger charge is -2.11. The highest BCUT2D eigenvalue weighted by Gasteiger charge is 2.07. The molecule has 0 aromatic heterocycles. The minimum absolute atomic E-state index is 0.273. The van der Waals surface area contributed by atoms with Crippen LogP contribution in [0.3, 0.4) is 0 Å². The van der Waals surface area contributed by atoms with Crippen LogP contribution in [0.5, 0.6) is 5.75 Å². The molecule has 0 unspecified atom stereocenters. The minimum Gasteiger partial charge on any atom is -0.487 e. The van der Waals surface area contributed by atoms with Crippen LogP contribution in [0.15, 0.2) is 45.3 Å². The fourth-order valence-corrected chi connectivity index (χ4v) is 2.32. The van der Waals surface area contributed by atoms with E-state index in [9.17, 15) is 4.39 Å². The lowest BCUT2D eigenvalue weighted by molar-refractivity contribution is 0.302. The van der Waals surface area contributed by atoms with Gasteiger partial charge in [0.2, 0.25) is 0 Å². The van der Waals surface area contributed by atoms with Crippen LogP contribution in [-0.4, -0.2) is 0 Å². The summed E-state index contributed by atoms with van der Waals surface area (Å²) < 4.78 is 20.2. The number of benzene rings is 2. The van der Waals surface area contributed by atoms with Crippen molar-refractivity contribution in [3.8, 4) is 5.75 Å². The molecule has 94 valence electrons. The van der Waals surface area contributed by atoms with E-state index in [4.69, 9.17) is 10.5 Å². The third kappa shape index (κ3) is 3.03. The van der Waals surface area contributed by atoms with Gasteiger partial charge < -0.3 is 10.5 Å². The average Bonchev–Trinajstić information content (AvgIpc) is 2.33. The monoisotopic (exact) mass is 373 g/mol. The predicted molar refractivity (Wildman–Crippen MR) is 77.0 cm³/mol. The fraction of sp³-hybridized carbons (Fsp3) is 0.0769. The molecular weight excluding hydrogens is 365 g/mol. The maximum Gasteiger partial charge on any atom is 0.136 e. The second-order valence-electron chi connectivity index (χ2n) is 3.67. The van der Waals surface area contributed by atoms with Crippen molar-refractivity contribution in [2.24, 2.45) is 0 Å². The molecular formula is C13H10Br2FNO. The molecule has 0 saturated heterocycles. The first-order valence-electron chi connectivity index (χ1n) is 5.18. The molecule has 0 bridgehead atoms. The summed E-state index contributed by atoms with van der Waals surface area (Å²) >= 11 is 6.71. The van der Waals surface area contributed by atoms with E-state index in [0.717, 1.165) is 10.0 Å². The Bertz CT molecular complexity index is 555. The topological polar surface area (TPSA) is 35.2 Å². The van der Waals surface area contributed by atoms with Gasteiger partial charge in [-0.3, -0.25) is 0 Å². The van der Waals surface area contributed by atoms with Gasteiger partial charge in [0.1, 0.15) is 18.2 Å². The van der Waals surface area contributed by atoms with Gasteiger partial charge in [0.25, 0.3) is 0 Å². The summed E-state index contributed by atoms with van der Waals surface area (Å²) in [6.07, 6.45) is 0. The van der Waals surface area contributed by atoms with Crippen molar-refractivity contribution >= 4 is 37.5 Å². The summed E-state index contributed by atoms with van der Waals surface area (Å²) in [5.41, 5.74) is 7.34. The van der Waals surface area contributed by atoms with E-state index >= 15 is 0 Å². The van der Waals surface area contributed by atoms with Crippen LogP contribution in [0.4, 0.5) is 10.1 Å². The van der Waals surface area contributed by atoms with Gasteiger partial charge in [-0.1, -0.05) is 22.0 Å². The highest BCUT2D eigenvalue weighted by molar-refractivity contribution is 9.10. The van der Waals surface area contributed by atoms with Crippen LogP contribution in [-0.2, 0) is 6.61 Å². The molecule has 0 aliphatic carbocycles. The van der Waals surface area contributed by atoms with Gasteiger partial charge in [-0.15, -0.1) is 0 Å². The van der Waals surface area contributed by atoms with E-state index < -0.39 is 0 Å². The smallest absolute Gasteiger partial charge is 0.136 e. The lowest BCUT2D eigenvalue weighted by atomic mass is 10.2. The summed E-state index contributed by atoms with van der Waals surface area (Å²) in [6, 6.07) is 9.83. The second-order valence-corrected chi connectivity index (χ2v) is 5.38. The van der Waals surface area contributed by atoms with Crippen molar-refractivity contribution in [3.05, 3.63) is 56.7 Å². The largest absolute Gasteiger partial charge is 0.487 e. The molecule has 0 saturated carbocycles. The molecule has 2 rings (SSSR count). The van der Waals surface area contributed by atoms with E-state index in [0.29, 0.717) is 15.9 Å². The van der Waals surface area contributed by atoms with Crippen LogP contribution in [0.25, 0.3) is 0 Å². The number of nitrogens with two attached hydrogens (primary N) is 1. The second kappa shape index (κ2) is 5.71. The van der Waals surface area contributed by atoms with Crippen molar-refractivity contribution in [3.63, 3.8) is 0 Å². The molecule has 0 aliphatic heterocycles. The Hall–Kier alpha value is -1.07. The number of ether oxygens (including phenoxy) is 1. The zero-order valence-corrected chi connectivity index (χ0v) is 12.5. The van der Waals surface area contributed by atoms with Gasteiger partial charge in [0.15, 0.2) is 0 Å². The van der Waals surface area contributed by atoms with Crippen LogP contribution in [0.2, 0.25) is 0 Å². The molecule has 18 heavy (non-hydrogen) atoms. The summed E-state index contributed by atoms with van der Waals surface area (Å²) in [5.74, 6) is 0.110. The Kier molecular flexibility index (Phi) is 4.24. The number of anilines is 1. The Morgan fingerprint density at radius 3 is 2.61 bits per heavy atom.